The molecular formula is C16H32N2O2. The van der Waals surface area contributed by atoms with Crippen molar-refractivity contribution < 1.29 is 9.90 Å². The number of carbonyl (C=O) groups is 1. The first-order chi connectivity index (χ1) is 9.39. The van der Waals surface area contributed by atoms with Crippen molar-refractivity contribution in [1.29, 1.82) is 0 Å². The number of hydrogen-bond acceptors (Lipinski definition) is 3. The third kappa shape index (κ3) is 5.80. The van der Waals surface area contributed by atoms with E-state index in [2.05, 4.69) is 31.1 Å². The molecule has 4 nitrogen and oxygen atoms in total. The quantitative estimate of drug-likeness (QED) is 0.573. The molecule has 0 aromatic rings. The van der Waals surface area contributed by atoms with Crippen LogP contribution in [0.25, 0.3) is 0 Å². The molecule has 0 heterocycles. The second kappa shape index (κ2) is 7.99. The minimum atomic E-state index is -0.741. The van der Waals surface area contributed by atoms with E-state index in [1.54, 1.807) is 0 Å². The van der Waals surface area contributed by atoms with E-state index in [0.29, 0.717) is 12.1 Å². The summed E-state index contributed by atoms with van der Waals surface area (Å²) in [5, 5.41) is 12.7. The topological polar surface area (TPSA) is 52.6 Å². The van der Waals surface area contributed by atoms with Gasteiger partial charge in [0.05, 0.1) is 0 Å². The predicted molar refractivity (Wildman–Crippen MR) is 83.0 cm³/mol. The Morgan fingerprint density at radius 1 is 1.45 bits per heavy atom. The molecule has 2 atom stereocenters. The number of unbranched alkanes of at least 4 members (excludes halogenated alkanes) is 1. The maximum absolute atomic E-state index is 11.4. The van der Waals surface area contributed by atoms with Gasteiger partial charge < -0.3 is 10.0 Å². The average Bonchev–Trinajstić information content (AvgIpc) is 3.18. The fraction of sp³-hybridized carbons (Fsp3) is 0.938. The monoisotopic (exact) mass is 284 g/mol. The molecule has 0 aromatic heterocycles. The van der Waals surface area contributed by atoms with Crippen LogP contribution in [0.2, 0.25) is 0 Å². The molecule has 0 spiro atoms. The van der Waals surface area contributed by atoms with E-state index in [0.717, 1.165) is 38.6 Å². The predicted octanol–water partition coefficient (Wildman–Crippen LogP) is 2.87. The normalized spacial score (nSPS) is 19.9. The van der Waals surface area contributed by atoms with E-state index in [-0.39, 0.29) is 0 Å². The molecule has 0 aliphatic heterocycles. The number of nitrogens with zero attached hydrogens (tertiary/aromatic N) is 1. The number of nitrogens with one attached hydrogen (secondary N) is 1. The summed E-state index contributed by atoms with van der Waals surface area (Å²) in [6.07, 6.45) is 7.45. The number of carboxylic acids is 1. The largest absolute Gasteiger partial charge is 0.480 e. The molecule has 1 aliphatic carbocycles. The van der Waals surface area contributed by atoms with Crippen LogP contribution in [0.3, 0.4) is 0 Å². The van der Waals surface area contributed by atoms with Crippen LogP contribution in [0.15, 0.2) is 0 Å². The summed E-state index contributed by atoms with van der Waals surface area (Å²) in [6, 6.07) is 1.05. The number of carboxylic acid groups (broad SMARTS) is 1. The second-order valence-electron chi connectivity index (χ2n) is 6.63. The second-order valence-corrected chi connectivity index (χ2v) is 6.63. The Hall–Kier alpha value is -0.610. The molecule has 0 bridgehead atoms. The van der Waals surface area contributed by atoms with Gasteiger partial charge in [0, 0.05) is 12.1 Å². The van der Waals surface area contributed by atoms with Crippen molar-refractivity contribution in [2.24, 2.45) is 0 Å². The van der Waals surface area contributed by atoms with Crippen LogP contribution in [-0.2, 0) is 4.79 Å². The lowest BCUT2D eigenvalue weighted by molar-refractivity contribution is -0.144. The summed E-state index contributed by atoms with van der Waals surface area (Å²) in [5.74, 6) is -0.711. The smallest absolute Gasteiger partial charge is 0.323 e. The zero-order valence-corrected chi connectivity index (χ0v) is 13.6. The summed E-state index contributed by atoms with van der Waals surface area (Å²) in [7, 11) is 2.17. The Kier molecular flexibility index (Phi) is 6.96. The van der Waals surface area contributed by atoms with Crippen LogP contribution in [0.1, 0.15) is 65.7 Å². The lowest BCUT2D eigenvalue weighted by Gasteiger charge is -2.28. The van der Waals surface area contributed by atoms with E-state index in [9.17, 15) is 9.90 Å². The van der Waals surface area contributed by atoms with Gasteiger partial charge in [-0.15, -0.1) is 0 Å². The molecule has 1 saturated carbocycles. The molecule has 1 rings (SSSR count). The van der Waals surface area contributed by atoms with Gasteiger partial charge in [-0.25, -0.2) is 0 Å². The highest BCUT2D eigenvalue weighted by molar-refractivity contribution is 5.78. The first-order valence-electron chi connectivity index (χ1n) is 8.10. The summed E-state index contributed by atoms with van der Waals surface area (Å²) in [4.78, 5) is 13.8. The van der Waals surface area contributed by atoms with E-state index in [4.69, 9.17) is 0 Å². The third-order valence-electron chi connectivity index (χ3n) is 4.47. The van der Waals surface area contributed by atoms with Gasteiger partial charge in [-0.05, 0) is 66.0 Å². The van der Waals surface area contributed by atoms with Crippen LogP contribution in [0, 0.1) is 0 Å². The fourth-order valence-corrected chi connectivity index (χ4v) is 2.62. The standard InChI is InChI=1S/C16H32N2O2/c1-5-8-13(2)18(4)12-7-6-11-16(3,15(19)20)17-14-9-10-14/h13-14,17H,5-12H2,1-4H3,(H,19,20). The van der Waals surface area contributed by atoms with Gasteiger partial charge in [-0.2, -0.15) is 0 Å². The lowest BCUT2D eigenvalue weighted by Crippen LogP contribution is -2.50. The van der Waals surface area contributed by atoms with Crippen molar-refractivity contribution in [3.63, 3.8) is 0 Å². The Bertz CT molecular complexity index is 305. The van der Waals surface area contributed by atoms with E-state index >= 15 is 0 Å². The molecule has 1 aliphatic rings. The molecule has 118 valence electrons. The average molecular weight is 284 g/mol. The van der Waals surface area contributed by atoms with Crippen LogP contribution in [0.4, 0.5) is 0 Å². The molecular weight excluding hydrogens is 252 g/mol. The molecule has 0 amide bonds. The van der Waals surface area contributed by atoms with E-state index < -0.39 is 11.5 Å². The van der Waals surface area contributed by atoms with Crippen molar-refractivity contribution in [3.05, 3.63) is 0 Å². The number of hydrogen-bond donors (Lipinski definition) is 2. The van der Waals surface area contributed by atoms with Crippen LogP contribution < -0.4 is 5.32 Å². The molecule has 4 heteroatoms. The molecule has 0 saturated heterocycles. The Balaban J connectivity index is 2.25. The van der Waals surface area contributed by atoms with Crippen LogP contribution in [-0.4, -0.2) is 47.2 Å². The van der Waals surface area contributed by atoms with Crippen molar-refractivity contribution in [3.8, 4) is 0 Å². The SMILES string of the molecule is CCCC(C)N(C)CCCCC(C)(NC1CC1)C(=O)O. The van der Waals surface area contributed by atoms with Gasteiger partial charge in [0.2, 0.25) is 0 Å². The third-order valence-corrected chi connectivity index (χ3v) is 4.47. The maximum atomic E-state index is 11.4. The van der Waals surface area contributed by atoms with Crippen molar-refractivity contribution >= 4 is 5.97 Å². The Morgan fingerprint density at radius 3 is 2.60 bits per heavy atom. The molecule has 1 fully saturated rings. The summed E-state index contributed by atoms with van der Waals surface area (Å²) < 4.78 is 0. The molecule has 20 heavy (non-hydrogen) atoms. The zero-order chi connectivity index (χ0) is 15.2. The van der Waals surface area contributed by atoms with Gasteiger partial charge in [0.25, 0.3) is 0 Å². The van der Waals surface area contributed by atoms with Crippen molar-refractivity contribution in [2.75, 3.05) is 13.6 Å². The zero-order valence-electron chi connectivity index (χ0n) is 13.6. The van der Waals surface area contributed by atoms with Gasteiger partial charge in [-0.3, -0.25) is 10.1 Å². The molecule has 0 aromatic carbocycles. The Morgan fingerprint density at radius 2 is 2.10 bits per heavy atom. The maximum Gasteiger partial charge on any atom is 0.323 e. The first-order valence-corrected chi connectivity index (χ1v) is 8.10. The first kappa shape index (κ1) is 17.4. The van der Waals surface area contributed by atoms with Gasteiger partial charge in [0.15, 0.2) is 0 Å². The Labute approximate surface area is 123 Å². The minimum absolute atomic E-state index is 0.434. The summed E-state index contributed by atoms with van der Waals surface area (Å²) >= 11 is 0. The van der Waals surface area contributed by atoms with Gasteiger partial charge in [0.1, 0.15) is 5.54 Å². The van der Waals surface area contributed by atoms with Crippen LogP contribution in [0.5, 0.6) is 0 Å². The molecule has 2 N–H and O–H groups in total. The highest BCUT2D eigenvalue weighted by Crippen LogP contribution is 2.25. The van der Waals surface area contributed by atoms with Crippen LogP contribution >= 0.6 is 0 Å². The van der Waals surface area contributed by atoms with Crippen molar-refractivity contribution in [2.45, 2.75) is 83.3 Å². The lowest BCUT2D eigenvalue weighted by atomic mass is 9.94. The molecule has 0 radical (unpaired) electrons. The van der Waals surface area contributed by atoms with E-state index in [1.807, 2.05) is 6.92 Å². The minimum Gasteiger partial charge on any atom is -0.480 e. The number of rotatable bonds is 11. The van der Waals surface area contributed by atoms with Gasteiger partial charge in [-0.1, -0.05) is 13.3 Å². The van der Waals surface area contributed by atoms with Crippen molar-refractivity contribution in [1.82, 2.24) is 10.2 Å². The molecule has 2 unspecified atom stereocenters. The summed E-state index contributed by atoms with van der Waals surface area (Å²) in [5.41, 5.74) is -0.741. The summed E-state index contributed by atoms with van der Waals surface area (Å²) in [6.45, 7) is 7.36. The number of aliphatic carboxylic acids is 1. The fourth-order valence-electron chi connectivity index (χ4n) is 2.62. The van der Waals surface area contributed by atoms with E-state index in [1.165, 1.54) is 12.8 Å². The highest BCUT2D eigenvalue weighted by atomic mass is 16.4. The highest BCUT2D eigenvalue weighted by Gasteiger charge is 2.37. The van der Waals surface area contributed by atoms with Gasteiger partial charge >= 0.3 is 5.97 Å².